The van der Waals surface area contributed by atoms with E-state index in [4.69, 9.17) is 5.73 Å². The Morgan fingerprint density at radius 3 is 2.38 bits per heavy atom. The van der Waals surface area contributed by atoms with E-state index in [0.29, 0.717) is 6.67 Å². The minimum atomic E-state index is -0.299. The summed E-state index contributed by atoms with van der Waals surface area (Å²) in [5, 5.41) is 9.45. The van der Waals surface area contributed by atoms with Gasteiger partial charge in [0.1, 0.15) is 0 Å². The lowest BCUT2D eigenvalue weighted by molar-refractivity contribution is 0.190. The minimum Gasteiger partial charge on any atom is -0.318 e. The normalized spacial score (nSPS) is 20.2. The lowest BCUT2D eigenvalue weighted by Gasteiger charge is -2.36. The number of rotatable bonds is 2. The Balaban J connectivity index is 2.20. The second-order valence-corrected chi connectivity index (χ2v) is 4.36. The van der Waals surface area contributed by atoms with Crippen LogP contribution in [0.3, 0.4) is 0 Å². The molecule has 1 heterocycles. The van der Waals surface area contributed by atoms with Crippen molar-refractivity contribution in [3.63, 3.8) is 0 Å². The fourth-order valence-corrected chi connectivity index (χ4v) is 2.34. The average Bonchev–Trinajstić information content (AvgIpc) is 2.40. The van der Waals surface area contributed by atoms with Crippen molar-refractivity contribution in [2.45, 2.75) is 18.3 Å². The fraction of sp³-hybridized carbons (Fsp3) is 0.462. The van der Waals surface area contributed by atoms with Crippen LogP contribution in [0.15, 0.2) is 30.3 Å². The number of likely N-dealkylation sites (tertiary alicyclic amines) is 1. The largest absolute Gasteiger partial charge is 0.318 e. The number of hydrogen-bond donors (Lipinski definition) is 1. The van der Waals surface area contributed by atoms with Gasteiger partial charge in [0.25, 0.3) is 0 Å². The van der Waals surface area contributed by atoms with E-state index >= 15 is 0 Å². The van der Waals surface area contributed by atoms with Crippen molar-refractivity contribution in [3.05, 3.63) is 35.9 Å². The van der Waals surface area contributed by atoms with Gasteiger partial charge in [-0.1, -0.05) is 30.3 Å². The fourth-order valence-electron chi connectivity index (χ4n) is 2.34. The molecule has 0 saturated carbocycles. The highest BCUT2D eigenvalue weighted by molar-refractivity contribution is 5.33. The molecular weight excluding hydrogens is 198 g/mol. The summed E-state index contributed by atoms with van der Waals surface area (Å²) in [6, 6.07) is 12.6. The summed E-state index contributed by atoms with van der Waals surface area (Å²) < 4.78 is 0. The van der Waals surface area contributed by atoms with Gasteiger partial charge in [0, 0.05) is 19.8 Å². The van der Waals surface area contributed by atoms with Gasteiger partial charge in [-0.3, -0.25) is 4.90 Å². The molecule has 0 atom stereocenters. The van der Waals surface area contributed by atoms with Gasteiger partial charge in [0.2, 0.25) is 0 Å². The quantitative estimate of drug-likeness (QED) is 0.812. The van der Waals surface area contributed by atoms with E-state index in [1.165, 1.54) is 0 Å². The van der Waals surface area contributed by atoms with Gasteiger partial charge in [0.15, 0.2) is 0 Å². The number of piperidine rings is 1. The van der Waals surface area contributed by atoms with Crippen LogP contribution in [0, 0.1) is 11.3 Å². The number of benzene rings is 1. The molecule has 0 bridgehead atoms. The lowest BCUT2D eigenvalue weighted by atomic mass is 9.74. The van der Waals surface area contributed by atoms with Gasteiger partial charge in [-0.25, -0.2) is 0 Å². The van der Waals surface area contributed by atoms with Gasteiger partial charge in [-0.2, -0.15) is 5.26 Å². The van der Waals surface area contributed by atoms with Crippen LogP contribution in [0.2, 0.25) is 0 Å². The average molecular weight is 215 g/mol. The summed E-state index contributed by atoms with van der Waals surface area (Å²) in [5.74, 6) is 0. The van der Waals surface area contributed by atoms with Crippen LogP contribution < -0.4 is 5.73 Å². The molecule has 1 aliphatic heterocycles. The Kier molecular flexibility index (Phi) is 3.23. The first-order valence-electron chi connectivity index (χ1n) is 5.70. The highest BCUT2D eigenvalue weighted by Gasteiger charge is 2.35. The maximum Gasteiger partial charge on any atom is 0.0846 e. The molecule has 0 aromatic heterocycles. The minimum absolute atomic E-state index is 0.299. The van der Waals surface area contributed by atoms with Gasteiger partial charge >= 0.3 is 0 Å². The second kappa shape index (κ2) is 4.65. The van der Waals surface area contributed by atoms with E-state index in [0.717, 1.165) is 31.5 Å². The number of nitrogens with zero attached hydrogens (tertiary/aromatic N) is 2. The maximum atomic E-state index is 9.45. The first-order chi connectivity index (χ1) is 7.80. The van der Waals surface area contributed by atoms with E-state index < -0.39 is 0 Å². The molecule has 0 amide bonds. The van der Waals surface area contributed by atoms with E-state index in [1.54, 1.807) is 0 Å². The van der Waals surface area contributed by atoms with Crippen LogP contribution in [0.1, 0.15) is 18.4 Å². The molecule has 3 nitrogen and oxygen atoms in total. The van der Waals surface area contributed by atoms with Crippen molar-refractivity contribution in [3.8, 4) is 6.07 Å². The van der Waals surface area contributed by atoms with Crippen molar-refractivity contribution in [1.29, 1.82) is 5.26 Å². The van der Waals surface area contributed by atoms with Gasteiger partial charge in [0.05, 0.1) is 11.5 Å². The van der Waals surface area contributed by atoms with Crippen LogP contribution in [0.4, 0.5) is 0 Å². The van der Waals surface area contributed by atoms with Crippen LogP contribution in [0.25, 0.3) is 0 Å². The van der Waals surface area contributed by atoms with Crippen molar-refractivity contribution in [1.82, 2.24) is 4.90 Å². The smallest absolute Gasteiger partial charge is 0.0846 e. The monoisotopic (exact) mass is 215 g/mol. The van der Waals surface area contributed by atoms with Gasteiger partial charge < -0.3 is 5.73 Å². The SMILES string of the molecule is N#CC1(c2ccccc2)CCN(CN)CC1. The standard InChI is InChI=1S/C13H17N3/c14-10-13(12-4-2-1-3-5-12)6-8-16(11-15)9-7-13/h1-5H,6-9,11,15H2. The third-order valence-corrected chi connectivity index (χ3v) is 3.51. The molecule has 1 aromatic carbocycles. The van der Waals surface area contributed by atoms with Crippen LogP contribution >= 0.6 is 0 Å². The Labute approximate surface area is 96.5 Å². The molecule has 1 aliphatic rings. The van der Waals surface area contributed by atoms with Crippen molar-refractivity contribution >= 4 is 0 Å². The number of nitriles is 1. The molecule has 0 spiro atoms. The Morgan fingerprint density at radius 2 is 1.88 bits per heavy atom. The lowest BCUT2D eigenvalue weighted by Crippen LogP contribution is -2.44. The third kappa shape index (κ3) is 1.95. The third-order valence-electron chi connectivity index (χ3n) is 3.51. The van der Waals surface area contributed by atoms with Gasteiger partial charge in [-0.05, 0) is 18.4 Å². The van der Waals surface area contributed by atoms with Crippen molar-refractivity contribution in [2.75, 3.05) is 19.8 Å². The molecule has 0 aliphatic carbocycles. The topological polar surface area (TPSA) is 53.0 Å². The summed E-state index contributed by atoms with van der Waals surface area (Å²) in [4.78, 5) is 2.19. The second-order valence-electron chi connectivity index (χ2n) is 4.36. The Hall–Kier alpha value is -1.37. The first-order valence-corrected chi connectivity index (χ1v) is 5.70. The summed E-state index contributed by atoms with van der Waals surface area (Å²) in [5.41, 5.74) is 6.46. The zero-order valence-corrected chi connectivity index (χ0v) is 9.39. The van der Waals surface area contributed by atoms with E-state index in [9.17, 15) is 5.26 Å². The van der Waals surface area contributed by atoms with E-state index in [2.05, 4.69) is 23.1 Å². The molecule has 3 heteroatoms. The Morgan fingerprint density at radius 1 is 1.25 bits per heavy atom. The van der Waals surface area contributed by atoms with Crippen LogP contribution in [-0.4, -0.2) is 24.7 Å². The molecule has 1 aromatic rings. The molecule has 0 radical (unpaired) electrons. The highest BCUT2D eigenvalue weighted by Crippen LogP contribution is 2.34. The summed E-state index contributed by atoms with van der Waals surface area (Å²) in [6.45, 7) is 2.42. The van der Waals surface area contributed by atoms with Crippen LogP contribution in [0.5, 0.6) is 0 Å². The Bertz CT molecular complexity index is 372. The van der Waals surface area contributed by atoms with E-state index in [-0.39, 0.29) is 5.41 Å². The molecule has 2 N–H and O–H groups in total. The van der Waals surface area contributed by atoms with E-state index in [1.807, 2.05) is 18.2 Å². The number of nitrogens with two attached hydrogens (primary N) is 1. The first kappa shape index (κ1) is 11.1. The number of hydrogen-bond acceptors (Lipinski definition) is 3. The molecule has 1 saturated heterocycles. The van der Waals surface area contributed by atoms with Crippen molar-refractivity contribution in [2.24, 2.45) is 5.73 Å². The molecular formula is C13H17N3. The summed E-state index contributed by atoms with van der Waals surface area (Å²) in [7, 11) is 0. The zero-order chi connectivity index (χ0) is 11.4. The zero-order valence-electron chi connectivity index (χ0n) is 9.39. The molecule has 84 valence electrons. The molecule has 16 heavy (non-hydrogen) atoms. The summed E-state index contributed by atoms with van der Waals surface area (Å²) in [6.07, 6.45) is 1.76. The predicted octanol–water partition coefficient (Wildman–Crippen LogP) is 1.46. The molecule has 1 fully saturated rings. The molecule has 2 rings (SSSR count). The predicted molar refractivity (Wildman–Crippen MR) is 63.6 cm³/mol. The van der Waals surface area contributed by atoms with Crippen molar-refractivity contribution < 1.29 is 0 Å². The highest BCUT2D eigenvalue weighted by atomic mass is 15.2. The maximum absolute atomic E-state index is 9.45. The van der Waals surface area contributed by atoms with Gasteiger partial charge in [-0.15, -0.1) is 0 Å². The molecule has 0 unspecified atom stereocenters. The van der Waals surface area contributed by atoms with Crippen LogP contribution in [-0.2, 0) is 5.41 Å². The summed E-state index contributed by atoms with van der Waals surface area (Å²) >= 11 is 0.